The molecule has 1 aromatic heterocycles. The van der Waals surface area contributed by atoms with Gasteiger partial charge in [-0.3, -0.25) is 9.59 Å². The van der Waals surface area contributed by atoms with E-state index in [0.29, 0.717) is 39.1 Å². The molecule has 4 atom stereocenters. The van der Waals surface area contributed by atoms with Crippen molar-refractivity contribution in [2.45, 2.75) is 46.2 Å². The lowest BCUT2D eigenvalue weighted by Crippen LogP contribution is -2.58. The molecule has 5 rings (SSSR count). The highest BCUT2D eigenvalue weighted by molar-refractivity contribution is 9.10. The molecule has 3 aliphatic rings. The van der Waals surface area contributed by atoms with Gasteiger partial charge in [0.15, 0.2) is 0 Å². The average molecular weight is 502 g/mol. The molecule has 2 aromatic rings. The topological polar surface area (TPSA) is 79.3 Å². The third kappa shape index (κ3) is 4.17. The smallest absolute Gasteiger partial charge is 0.283 e. The number of hydrogen-bond acceptors (Lipinski definition) is 5. The van der Waals surface area contributed by atoms with E-state index in [-0.39, 0.29) is 18.0 Å². The number of fused-ring (bicyclic) bond motifs is 2. The summed E-state index contributed by atoms with van der Waals surface area (Å²) in [6.45, 7) is 6.90. The Morgan fingerprint density at radius 2 is 1.94 bits per heavy atom. The van der Waals surface area contributed by atoms with E-state index in [1.807, 2.05) is 43.3 Å². The number of carbonyl (C=O) groups is 1. The lowest BCUT2D eigenvalue weighted by atomic mass is 9.45. The normalized spacial score (nSPS) is 25.6. The van der Waals surface area contributed by atoms with Crippen molar-refractivity contribution in [3.8, 4) is 0 Å². The van der Waals surface area contributed by atoms with Crippen LogP contribution in [0.5, 0.6) is 0 Å². The average Bonchev–Trinajstić information content (AvgIpc) is 2.74. The number of nitrogens with one attached hydrogen (secondary N) is 2. The summed E-state index contributed by atoms with van der Waals surface area (Å²) in [5, 5.41) is 10.6. The van der Waals surface area contributed by atoms with Crippen molar-refractivity contribution in [3.63, 3.8) is 0 Å². The maximum atomic E-state index is 12.8. The molecular weight excluding hydrogens is 470 g/mol. The minimum Gasteiger partial charge on any atom is -0.380 e. The maximum absolute atomic E-state index is 12.8. The fraction of sp³-hybridized carbons (Fsp3) is 0.542. The van der Waals surface area contributed by atoms with Gasteiger partial charge in [0.1, 0.15) is 11.0 Å². The quantitative estimate of drug-likeness (QED) is 0.620. The first-order valence-corrected chi connectivity index (χ1v) is 12.0. The standard InChI is InChI=1S/C24H32BrN5O2/c1-14-18-10-15(24(18,2)3)11-19(14)28-20-12-26-30(23(32)22(20)25)13-21(31)27-16-6-8-17(9-7-16)29(4)5/h6-9,12,14-15,18-19,28H,10-11,13H2,1-5H3,(H,27,31)/t14-,15+,18-,19-/m1/s1. The van der Waals surface area contributed by atoms with Crippen LogP contribution in [-0.2, 0) is 11.3 Å². The Morgan fingerprint density at radius 1 is 1.25 bits per heavy atom. The largest absolute Gasteiger partial charge is 0.380 e. The third-order valence-corrected chi connectivity index (χ3v) is 8.41. The van der Waals surface area contributed by atoms with E-state index < -0.39 is 0 Å². The number of halogens is 1. The van der Waals surface area contributed by atoms with Gasteiger partial charge in [0.25, 0.3) is 5.56 Å². The van der Waals surface area contributed by atoms with Crippen molar-refractivity contribution in [2.24, 2.45) is 23.2 Å². The molecule has 0 radical (unpaired) electrons. The van der Waals surface area contributed by atoms with Crippen LogP contribution in [0, 0.1) is 23.2 Å². The van der Waals surface area contributed by atoms with Crippen molar-refractivity contribution in [3.05, 3.63) is 45.3 Å². The molecule has 1 amide bonds. The first-order chi connectivity index (χ1) is 15.1. The monoisotopic (exact) mass is 501 g/mol. The lowest BCUT2D eigenvalue weighted by molar-refractivity contribution is -0.117. The van der Waals surface area contributed by atoms with Crippen LogP contribution in [0.4, 0.5) is 17.1 Å². The molecule has 0 saturated heterocycles. The van der Waals surface area contributed by atoms with Crippen LogP contribution in [0.1, 0.15) is 33.6 Å². The minimum atomic E-state index is -0.318. The predicted molar refractivity (Wildman–Crippen MR) is 132 cm³/mol. The number of hydrogen-bond donors (Lipinski definition) is 2. The lowest BCUT2D eigenvalue weighted by Gasteiger charge is -2.62. The second-order valence-electron chi connectivity index (χ2n) is 10.0. The van der Waals surface area contributed by atoms with Gasteiger partial charge in [0, 0.05) is 31.5 Å². The van der Waals surface area contributed by atoms with Gasteiger partial charge < -0.3 is 15.5 Å². The maximum Gasteiger partial charge on any atom is 0.283 e. The number of aromatic nitrogens is 2. The number of anilines is 3. The molecule has 0 spiro atoms. The summed E-state index contributed by atoms with van der Waals surface area (Å²) in [5.41, 5.74) is 2.51. The van der Waals surface area contributed by atoms with E-state index in [4.69, 9.17) is 0 Å². The van der Waals surface area contributed by atoms with E-state index in [9.17, 15) is 9.59 Å². The molecule has 3 saturated carbocycles. The van der Waals surface area contributed by atoms with Crippen LogP contribution in [0.15, 0.2) is 39.7 Å². The fourth-order valence-corrected chi connectivity index (χ4v) is 5.82. The van der Waals surface area contributed by atoms with Crippen molar-refractivity contribution >= 4 is 38.9 Å². The molecule has 172 valence electrons. The Balaban J connectivity index is 1.40. The van der Waals surface area contributed by atoms with Crippen LogP contribution < -0.4 is 21.1 Å². The molecule has 8 heteroatoms. The molecule has 2 bridgehead atoms. The SMILES string of the molecule is C[C@@H]1[C@H]2C[C@@H](C[C@H]1Nc1cnn(CC(=O)Nc3ccc(N(C)C)cc3)c(=O)c1Br)C2(C)C. The second-order valence-corrected chi connectivity index (χ2v) is 10.8. The molecule has 2 N–H and O–H groups in total. The van der Waals surface area contributed by atoms with Gasteiger partial charge in [-0.05, 0) is 76.2 Å². The summed E-state index contributed by atoms with van der Waals surface area (Å²) in [5.74, 6) is 1.67. The van der Waals surface area contributed by atoms with Crippen molar-refractivity contribution < 1.29 is 4.79 Å². The highest BCUT2D eigenvalue weighted by Crippen LogP contribution is 2.61. The Kier molecular flexibility index (Phi) is 6.09. The number of amides is 1. The Bertz CT molecular complexity index is 1060. The zero-order valence-corrected chi connectivity index (χ0v) is 20.9. The minimum absolute atomic E-state index is 0.148. The number of rotatable bonds is 6. The molecule has 7 nitrogen and oxygen atoms in total. The van der Waals surface area contributed by atoms with E-state index in [0.717, 1.165) is 18.0 Å². The van der Waals surface area contributed by atoms with Crippen molar-refractivity contribution in [1.82, 2.24) is 9.78 Å². The second kappa shape index (κ2) is 8.54. The summed E-state index contributed by atoms with van der Waals surface area (Å²) in [6, 6.07) is 7.85. The van der Waals surface area contributed by atoms with Gasteiger partial charge in [-0.2, -0.15) is 5.10 Å². The molecule has 3 aliphatic carbocycles. The van der Waals surface area contributed by atoms with Crippen LogP contribution in [0.2, 0.25) is 0 Å². The molecule has 0 unspecified atom stereocenters. The zero-order valence-electron chi connectivity index (χ0n) is 19.4. The molecule has 32 heavy (non-hydrogen) atoms. The van der Waals surface area contributed by atoms with E-state index in [1.165, 1.54) is 11.1 Å². The third-order valence-electron chi connectivity index (χ3n) is 7.64. The summed E-state index contributed by atoms with van der Waals surface area (Å²) < 4.78 is 1.60. The predicted octanol–water partition coefficient (Wildman–Crippen LogP) is 4.19. The molecule has 1 aromatic carbocycles. The van der Waals surface area contributed by atoms with Crippen LogP contribution >= 0.6 is 15.9 Å². The summed E-state index contributed by atoms with van der Waals surface area (Å²) in [4.78, 5) is 27.3. The van der Waals surface area contributed by atoms with Gasteiger partial charge in [0.05, 0.1) is 11.9 Å². The number of benzene rings is 1. The van der Waals surface area contributed by atoms with E-state index in [1.54, 1.807) is 6.20 Å². The van der Waals surface area contributed by atoms with Gasteiger partial charge >= 0.3 is 0 Å². The summed E-state index contributed by atoms with van der Waals surface area (Å²) in [7, 11) is 3.92. The highest BCUT2D eigenvalue weighted by Gasteiger charge is 2.56. The first kappa shape index (κ1) is 22.8. The molecule has 1 heterocycles. The van der Waals surface area contributed by atoms with Crippen LogP contribution in [0.25, 0.3) is 0 Å². The summed E-state index contributed by atoms with van der Waals surface area (Å²) in [6.07, 6.45) is 4.05. The first-order valence-electron chi connectivity index (χ1n) is 11.2. The van der Waals surface area contributed by atoms with E-state index >= 15 is 0 Å². The Morgan fingerprint density at radius 3 is 2.53 bits per heavy atom. The van der Waals surface area contributed by atoms with Crippen LogP contribution in [-0.4, -0.2) is 35.8 Å². The van der Waals surface area contributed by atoms with Crippen molar-refractivity contribution in [1.29, 1.82) is 0 Å². The zero-order chi connectivity index (χ0) is 23.2. The Labute approximate surface area is 197 Å². The van der Waals surface area contributed by atoms with Crippen molar-refractivity contribution in [2.75, 3.05) is 29.6 Å². The van der Waals surface area contributed by atoms with Gasteiger partial charge in [-0.15, -0.1) is 0 Å². The van der Waals surface area contributed by atoms with Gasteiger partial charge in [-0.1, -0.05) is 20.8 Å². The molecule has 3 fully saturated rings. The highest BCUT2D eigenvalue weighted by atomic mass is 79.9. The number of nitrogens with zero attached hydrogens (tertiary/aromatic N) is 3. The Hall–Kier alpha value is -2.35. The summed E-state index contributed by atoms with van der Waals surface area (Å²) >= 11 is 3.43. The fourth-order valence-electron chi connectivity index (χ4n) is 5.40. The van der Waals surface area contributed by atoms with E-state index in [2.05, 4.69) is 52.4 Å². The molecular formula is C24H32BrN5O2. The van der Waals surface area contributed by atoms with Gasteiger partial charge in [0.2, 0.25) is 5.91 Å². The number of carbonyl (C=O) groups excluding carboxylic acids is 1. The van der Waals surface area contributed by atoms with Crippen LogP contribution in [0.3, 0.4) is 0 Å². The van der Waals surface area contributed by atoms with Gasteiger partial charge in [-0.25, -0.2) is 4.68 Å². The molecule has 0 aliphatic heterocycles.